The number of hydrogen-bond acceptors (Lipinski definition) is 3. The van der Waals surface area contributed by atoms with Crippen LogP contribution in [0.5, 0.6) is 0 Å². The lowest BCUT2D eigenvalue weighted by molar-refractivity contribution is 1.30. The molecule has 0 fully saturated rings. The van der Waals surface area contributed by atoms with Gasteiger partial charge in [-0.05, 0) is 36.8 Å². The van der Waals surface area contributed by atoms with Gasteiger partial charge in [0.2, 0.25) is 0 Å². The molecule has 4 heteroatoms. The second kappa shape index (κ2) is 4.07. The van der Waals surface area contributed by atoms with E-state index in [2.05, 4.69) is 15.3 Å². The van der Waals surface area contributed by atoms with Crippen molar-refractivity contribution in [2.75, 3.05) is 11.1 Å². The third kappa shape index (κ3) is 1.78. The first-order chi connectivity index (χ1) is 8.74. The number of aromatic nitrogens is 2. The molecule has 90 valence electrons. The molecule has 0 spiro atoms. The summed E-state index contributed by atoms with van der Waals surface area (Å²) in [5.74, 6) is 0.783. The maximum Gasteiger partial charge on any atom is 0.139 e. The van der Waals surface area contributed by atoms with Crippen molar-refractivity contribution in [3.8, 4) is 0 Å². The van der Waals surface area contributed by atoms with Crippen molar-refractivity contribution in [1.29, 1.82) is 0 Å². The van der Waals surface area contributed by atoms with Crippen LogP contribution in [-0.4, -0.2) is 9.97 Å². The fourth-order valence-corrected chi connectivity index (χ4v) is 1.99. The van der Waals surface area contributed by atoms with E-state index >= 15 is 0 Å². The SMILES string of the molecule is Cc1cccc(N)c1Nc1ccc2cc[nH]c2n1. The summed E-state index contributed by atoms with van der Waals surface area (Å²) in [5.41, 5.74) is 9.57. The van der Waals surface area contributed by atoms with Crippen LogP contribution in [0.3, 0.4) is 0 Å². The Hall–Kier alpha value is -2.49. The number of nitrogens with two attached hydrogens (primary N) is 1. The first-order valence-corrected chi connectivity index (χ1v) is 5.80. The quantitative estimate of drug-likeness (QED) is 0.600. The van der Waals surface area contributed by atoms with E-state index in [1.807, 2.05) is 49.5 Å². The average molecular weight is 238 g/mol. The molecule has 0 unspecified atom stereocenters. The number of hydrogen-bond donors (Lipinski definition) is 3. The zero-order valence-corrected chi connectivity index (χ0v) is 10.1. The Bertz CT molecular complexity index is 680. The summed E-state index contributed by atoms with van der Waals surface area (Å²) >= 11 is 0. The molecule has 0 amide bonds. The van der Waals surface area contributed by atoms with Crippen LogP contribution in [-0.2, 0) is 0 Å². The molecule has 4 nitrogen and oxygen atoms in total. The lowest BCUT2D eigenvalue weighted by Gasteiger charge is -2.11. The van der Waals surface area contributed by atoms with Gasteiger partial charge in [-0.15, -0.1) is 0 Å². The highest BCUT2D eigenvalue weighted by atomic mass is 15.0. The van der Waals surface area contributed by atoms with Gasteiger partial charge in [0.05, 0.1) is 11.4 Å². The summed E-state index contributed by atoms with van der Waals surface area (Å²) in [6, 6.07) is 11.8. The van der Waals surface area contributed by atoms with Crippen molar-refractivity contribution in [2.45, 2.75) is 6.92 Å². The number of rotatable bonds is 2. The monoisotopic (exact) mass is 238 g/mol. The summed E-state index contributed by atoms with van der Waals surface area (Å²) in [6.07, 6.45) is 1.88. The van der Waals surface area contributed by atoms with E-state index in [9.17, 15) is 0 Å². The summed E-state index contributed by atoms with van der Waals surface area (Å²) < 4.78 is 0. The first-order valence-electron chi connectivity index (χ1n) is 5.80. The molecule has 3 aromatic rings. The smallest absolute Gasteiger partial charge is 0.139 e. The molecule has 1 aromatic carbocycles. The van der Waals surface area contributed by atoms with Gasteiger partial charge in [0.1, 0.15) is 11.5 Å². The topological polar surface area (TPSA) is 66.7 Å². The molecule has 18 heavy (non-hydrogen) atoms. The Morgan fingerprint density at radius 2 is 2.06 bits per heavy atom. The van der Waals surface area contributed by atoms with E-state index in [-0.39, 0.29) is 0 Å². The second-order valence-corrected chi connectivity index (χ2v) is 4.28. The molecular weight excluding hydrogens is 224 g/mol. The summed E-state index contributed by atoms with van der Waals surface area (Å²) in [6.45, 7) is 2.02. The molecule has 2 heterocycles. The standard InChI is InChI=1S/C14H14N4/c1-9-3-2-4-11(15)13(9)17-12-6-5-10-7-8-16-14(10)18-12/h2-8H,15H2,1H3,(H2,16,17,18). The van der Waals surface area contributed by atoms with Crippen LogP contribution >= 0.6 is 0 Å². The number of nitrogens with zero attached hydrogens (tertiary/aromatic N) is 1. The molecule has 0 saturated heterocycles. The molecule has 3 rings (SSSR count). The molecule has 2 aromatic heterocycles. The number of H-pyrrole nitrogens is 1. The molecular formula is C14H14N4. The first kappa shape index (κ1) is 10.7. The van der Waals surface area contributed by atoms with E-state index in [1.54, 1.807) is 0 Å². The second-order valence-electron chi connectivity index (χ2n) is 4.28. The maximum atomic E-state index is 5.96. The number of aryl methyl sites for hydroxylation is 1. The number of benzene rings is 1. The van der Waals surface area contributed by atoms with Crippen LogP contribution < -0.4 is 11.1 Å². The van der Waals surface area contributed by atoms with Crippen LogP contribution in [0.1, 0.15) is 5.56 Å². The lowest BCUT2D eigenvalue weighted by atomic mass is 10.1. The highest BCUT2D eigenvalue weighted by Crippen LogP contribution is 2.26. The number of aromatic amines is 1. The normalized spacial score (nSPS) is 10.7. The van der Waals surface area contributed by atoms with E-state index in [0.29, 0.717) is 0 Å². The van der Waals surface area contributed by atoms with Gasteiger partial charge in [0.25, 0.3) is 0 Å². The molecule has 0 aliphatic carbocycles. The molecule has 0 radical (unpaired) electrons. The summed E-state index contributed by atoms with van der Waals surface area (Å²) in [7, 11) is 0. The highest BCUT2D eigenvalue weighted by Gasteiger charge is 2.04. The fraction of sp³-hybridized carbons (Fsp3) is 0.0714. The minimum Gasteiger partial charge on any atom is -0.397 e. The van der Waals surface area contributed by atoms with Crippen LogP contribution in [0.2, 0.25) is 0 Å². The number of anilines is 3. The van der Waals surface area contributed by atoms with Gasteiger partial charge in [-0.2, -0.15) is 0 Å². The zero-order valence-electron chi connectivity index (χ0n) is 10.1. The van der Waals surface area contributed by atoms with Gasteiger partial charge in [-0.3, -0.25) is 0 Å². The predicted molar refractivity (Wildman–Crippen MR) is 75.0 cm³/mol. The third-order valence-corrected chi connectivity index (χ3v) is 2.97. The van der Waals surface area contributed by atoms with Crippen molar-refractivity contribution >= 4 is 28.2 Å². The van der Waals surface area contributed by atoms with E-state index in [1.165, 1.54) is 0 Å². The highest BCUT2D eigenvalue weighted by molar-refractivity contribution is 5.80. The van der Waals surface area contributed by atoms with Gasteiger partial charge in [-0.1, -0.05) is 12.1 Å². The predicted octanol–water partition coefficient (Wildman–Crippen LogP) is 3.20. The average Bonchev–Trinajstić information content (AvgIpc) is 2.81. The Morgan fingerprint density at radius 3 is 2.89 bits per heavy atom. The van der Waals surface area contributed by atoms with Crippen molar-refractivity contribution in [2.24, 2.45) is 0 Å². The number of para-hydroxylation sites is 1. The molecule has 0 aliphatic rings. The van der Waals surface area contributed by atoms with Gasteiger partial charge < -0.3 is 16.0 Å². The van der Waals surface area contributed by atoms with E-state index in [0.717, 1.165) is 33.8 Å². The third-order valence-electron chi connectivity index (χ3n) is 2.97. The summed E-state index contributed by atoms with van der Waals surface area (Å²) in [5, 5.41) is 4.36. The maximum absolute atomic E-state index is 5.96. The van der Waals surface area contributed by atoms with Crippen molar-refractivity contribution < 1.29 is 0 Å². The van der Waals surface area contributed by atoms with Crippen LogP contribution in [0.4, 0.5) is 17.2 Å². The number of nitrogens with one attached hydrogen (secondary N) is 2. The van der Waals surface area contributed by atoms with Crippen molar-refractivity contribution in [1.82, 2.24) is 9.97 Å². The van der Waals surface area contributed by atoms with E-state index in [4.69, 9.17) is 5.73 Å². The molecule has 0 saturated carbocycles. The van der Waals surface area contributed by atoms with Gasteiger partial charge in [0.15, 0.2) is 0 Å². The number of pyridine rings is 1. The lowest BCUT2D eigenvalue weighted by Crippen LogP contribution is -2.00. The Kier molecular flexibility index (Phi) is 2.41. The minimum absolute atomic E-state index is 0.725. The van der Waals surface area contributed by atoms with Crippen molar-refractivity contribution in [3.05, 3.63) is 48.2 Å². The largest absolute Gasteiger partial charge is 0.397 e. The van der Waals surface area contributed by atoms with Crippen LogP contribution in [0.15, 0.2) is 42.6 Å². The summed E-state index contributed by atoms with van der Waals surface area (Å²) in [4.78, 5) is 7.58. The van der Waals surface area contributed by atoms with Gasteiger partial charge in [0, 0.05) is 11.6 Å². The van der Waals surface area contributed by atoms with Crippen LogP contribution in [0, 0.1) is 6.92 Å². The molecule has 0 aliphatic heterocycles. The van der Waals surface area contributed by atoms with Crippen LogP contribution in [0.25, 0.3) is 11.0 Å². The zero-order chi connectivity index (χ0) is 12.5. The minimum atomic E-state index is 0.725. The van der Waals surface area contributed by atoms with E-state index < -0.39 is 0 Å². The van der Waals surface area contributed by atoms with Crippen molar-refractivity contribution in [3.63, 3.8) is 0 Å². The molecule has 0 atom stereocenters. The van der Waals surface area contributed by atoms with Gasteiger partial charge in [-0.25, -0.2) is 4.98 Å². The van der Waals surface area contributed by atoms with Gasteiger partial charge >= 0.3 is 0 Å². The Balaban J connectivity index is 2.00. The molecule has 0 bridgehead atoms. The Labute approximate surface area is 105 Å². The number of nitrogen functional groups attached to an aromatic ring is 1. The number of fused-ring (bicyclic) bond motifs is 1. The Morgan fingerprint density at radius 1 is 1.17 bits per heavy atom. The molecule has 4 N–H and O–H groups in total. The fourth-order valence-electron chi connectivity index (χ4n) is 1.99.